The molecule has 1 aromatic rings. The highest BCUT2D eigenvalue weighted by molar-refractivity contribution is 6.31. The predicted octanol–water partition coefficient (Wildman–Crippen LogP) is 2.74. The quantitative estimate of drug-likeness (QED) is 0.834. The van der Waals surface area contributed by atoms with E-state index >= 15 is 0 Å². The molecule has 1 atom stereocenters. The van der Waals surface area contributed by atoms with Crippen LogP contribution in [0, 0.1) is 0 Å². The van der Waals surface area contributed by atoms with Gasteiger partial charge in [0.1, 0.15) is 5.75 Å². The van der Waals surface area contributed by atoms with Gasteiger partial charge < -0.3 is 24.8 Å². The molecule has 1 heterocycles. The molecule has 1 aliphatic rings. The summed E-state index contributed by atoms with van der Waals surface area (Å²) in [7, 11) is 0. The second-order valence-corrected chi connectivity index (χ2v) is 5.74. The highest BCUT2D eigenvalue weighted by atomic mass is 35.5. The standard InChI is InChI=1S/C16H23ClN2O4/c1-2-22-15-6-5-12(17)10-14(15)18-16(21)19-7-3-4-13(11-19)23-9-8-20/h5-6,10,13,20H,2-4,7-9,11H2,1H3,(H,18,21)/t13-/m1/s1. The molecular weight excluding hydrogens is 320 g/mol. The summed E-state index contributed by atoms with van der Waals surface area (Å²) in [5.41, 5.74) is 0.558. The number of piperidine rings is 1. The highest BCUT2D eigenvalue weighted by Gasteiger charge is 2.24. The van der Waals surface area contributed by atoms with Crippen molar-refractivity contribution in [3.8, 4) is 5.75 Å². The van der Waals surface area contributed by atoms with Gasteiger partial charge in [-0.15, -0.1) is 0 Å². The smallest absolute Gasteiger partial charge is 0.322 e. The number of carbonyl (C=O) groups excluding carboxylic acids is 1. The normalized spacial score (nSPS) is 17.9. The lowest BCUT2D eigenvalue weighted by molar-refractivity contribution is -0.00462. The Morgan fingerprint density at radius 2 is 2.35 bits per heavy atom. The third-order valence-corrected chi connectivity index (χ3v) is 3.83. The number of halogens is 1. The number of hydrogen-bond acceptors (Lipinski definition) is 4. The number of rotatable bonds is 6. The van der Waals surface area contributed by atoms with Crippen LogP contribution < -0.4 is 10.1 Å². The van der Waals surface area contributed by atoms with E-state index in [1.165, 1.54) is 0 Å². The number of ether oxygens (including phenoxy) is 2. The Bertz CT molecular complexity index is 527. The Hall–Kier alpha value is -1.50. The monoisotopic (exact) mass is 342 g/mol. The Kier molecular flexibility index (Phi) is 6.95. The van der Waals surface area contributed by atoms with Gasteiger partial charge >= 0.3 is 6.03 Å². The van der Waals surface area contributed by atoms with Gasteiger partial charge in [0, 0.05) is 18.1 Å². The molecule has 2 amide bonds. The lowest BCUT2D eigenvalue weighted by Gasteiger charge is -2.32. The molecule has 1 saturated heterocycles. The van der Waals surface area contributed by atoms with Gasteiger partial charge in [0.2, 0.25) is 0 Å². The summed E-state index contributed by atoms with van der Waals surface area (Å²) in [4.78, 5) is 14.2. The number of amides is 2. The summed E-state index contributed by atoms with van der Waals surface area (Å²) in [6.07, 6.45) is 1.73. The van der Waals surface area contributed by atoms with Crippen molar-refractivity contribution >= 4 is 23.3 Å². The van der Waals surface area contributed by atoms with Gasteiger partial charge in [0.05, 0.1) is 31.6 Å². The maximum Gasteiger partial charge on any atom is 0.322 e. The van der Waals surface area contributed by atoms with Gasteiger partial charge in [-0.05, 0) is 38.0 Å². The second kappa shape index (κ2) is 8.96. The zero-order chi connectivity index (χ0) is 16.7. The molecule has 0 saturated carbocycles. The van der Waals surface area contributed by atoms with E-state index in [0.29, 0.717) is 42.8 Å². The minimum absolute atomic E-state index is 0.0110. The first kappa shape index (κ1) is 17.8. The van der Waals surface area contributed by atoms with E-state index in [2.05, 4.69) is 5.32 Å². The molecule has 2 N–H and O–H groups in total. The molecule has 6 nitrogen and oxygen atoms in total. The van der Waals surface area contributed by atoms with E-state index in [-0.39, 0.29) is 18.7 Å². The largest absolute Gasteiger partial charge is 0.492 e. The summed E-state index contributed by atoms with van der Waals surface area (Å²) < 4.78 is 11.0. The first-order valence-electron chi connectivity index (χ1n) is 7.84. The number of anilines is 1. The lowest BCUT2D eigenvalue weighted by Crippen LogP contribution is -2.45. The first-order valence-corrected chi connectivity index (χ1v) is 8.22. The minimum Gasteiger partial charge on any atom is -0.492 e. The Morgan fingerprint density at radius 1 is 1.52 bits per heavy atom. The van der Waals surface area contributed by atoms with Crippen LogP contribution in [0.25, 0.3) is 0 Å². The molecule has 7 heteroatoms. The number of carbonyl (C=O) groups is 1. The van der Waals surface area contributed by atoms with Crippen LogP contribution in [0.15, 0.2) is 18.2 Å². The van der Waals surface area contributed by atoms with Crippen LogP contribution in [-0.4, -0.2) is 55.1 Å². The molecule has 2 rings (SSSR count). The topological polar surface area (TPSA) is 71.0 Å². The van der Waals surface area contributed by atoms with E-state index in [1.54, 1.807) is 23.1 Å². The van der Waals surface area contributed by atoms with Crippen LogP contribution in [0.2, 0.25) is 5.02 Å². The van der Waals surface area contributed by atoms with E-state index in [9.17, 15) is 4.79 Å². The van der Waals surface area contributed by atoms with E-state index in [4.69, 9.17) is 26.2 Å². The van der Waals surface area contributed by atoms with Crippen molar-refractivity contribution in [3.63, 3.8) is 0 Å². The number of nitrogens with one attached hydrogen (secondary N) is 1. The number of likely N-dealkylation sites (tertiary alicyclic amines) is 1. The van der Waals surface area contributed by atoms with Crippen LogP contribution in [0.5, 0.6) is 5.75 Å². The number of urea groups is 1. The zero-order valence-corrected chi connectivity index (χ0v) is 14.0. The number of hydrogen-bond donors (Lipinski definition) is 2. The summed E-state index contributed by atoms with van der Waals surface area (Å²) in [6, 6.07) is 4.94. The average Bonchev–Trinajstić information content (AvgIpc) is 2.56. The van der Waals surface area contributed by atoms with E-state index in [0.717, 1.165) is 12.8 Å². The van der Waals surface area contributed by atoms with Gasteiger partial charge in [-0.25, -0.2) is 4.79 Å². The lowest BCUT2D eigenvalue weighted by atomic mass is 10.1. The highest BCUT2D eigenvalue weighted by Crippen LogP contribution is 2.28. The number of nitrogens with zero attached hydrogens (tertiary/aromatic N) is 1. The molecule has 0 radical (unpaired) electrons. The number of aliphatic hydroxyl groups is 1. The number of benzene rings is 1. The van der Waals surface area contributed by atoms with Gasteiger partial charge in [-0.3, -0.25) is 0 Å². The molecule has 1 aromatic carbocycles. The van der Waals surface area contributed by atoms with E-state index < -0.39 is 0 Å². The minimum atomic E-state index is -0.203. The SMILES string of the molecule is CCOc1ccc(Cl)cc1NC(=O)N1CCC[C@@H](OCCO)C1. The maximum atomic E-state index is 12.5. The fourth-order valence-corrected chi connectivity index (χ4v) is 2.73. The molecule has 23 heavy (non-hydrogen) atoms. The summed E-state index contributed by atoms with van der Waals surface area (Å²) in [6.45, 7) is 3.86. The summed E-state index contributed by atoms with van der Waals surface area (Å²) >= 11 is 6.00. The van der Waals surface area contributed by atoms with Gasteiger partial charge in [-0.1, -0.05) is 11.6 Å². The molecule has 128 valence electrons. The third kappa shape index (κ3) is 5.27. The van der Waals surface area contributed by atoms with Crippen LogP contribution >= 0.6 is 11.6 Å². The van der Waals surface area contributed by atoms with Crippen molar-refractivity contribution in [2.24, 2.45) is 0 Å². The average molecular weight is 343 g/mol. The maximum absolute atomic E-state index is 12.5. The molecular formula is C16H23ClN2O4. The van der Waals surface area contributed by atoms with Crippen LogP contribution in [0.4, 0.5) is 10.5 Å². The Labute approximate surface area is 141 Å². The third-order valence-electron chi connectivity index (χ3n) is 3.59. The molecule has 0 aliphatic carbocycles. The van der Waals surface area contributed by atoms with Crippen LogP contribution in [0.3, 0.4) is 0 Å². The van der Waals surface area contributed by atoms with Crippen LogP contribution in [-0.2, 0) is 4.74 Å². The Morgan fingerprint density at radius 3 is 3.09 bits per heavy atom. The fraction of sp³-hybridized carbons (Fsp3) is 0.562. The van der Waals surface area contributed by atoms with Gasteiger partial charge in [-0.2, -0.15) is 0 Å². The molecule has 1 fully saturated rings. The van der Waals surface area contributed by atoms with Crippen molar-refractivity contribution in [2.75, 3.05) is 38.2 Å². The zero-order valence-electron chi connectivity index (χ0n) is 13.3. The second-order valence-electron chi connectivity index (χ2n) is 5.31. The molecule has 0 bridgehead atoms. The van der Waals surface area contributed by atoms with Crippen molar-refractivity contribution in [1.82, 2.24) is 4.90 Å². The molecule has 1 aliphatic heterocycles. The van der Waals surface area contributed by atoms with Crippen LogP contribution in [0.1, 0.15) is 19.8 Å². The molecule has 0 unspecified atom stereocenters. The first-order chi connectivity index (χ1) is 11.1. The van der Waals surface area contributed by atoms with E-state index in [1.807, 2.05) is 6.92 Å². The van der Waals surface area contributed by atoms with Crippen molar-refractivity contribution in [3.05, 3.63) is 23.2 Å². The summed E-state index contributed by atoms with van der Waals surface area (Å²) in [5, 5.41) is 12.2. The van der Waals surface area contributed by atoms with Crippen molar-refractivity contribution in [1.29, 1.82) is 0 Å². The van der Waals surface area contributed by atoms with Gasteiger partial charge in [0.15, 0.2) is 0 Å². The molecule has 0 aromatic heterocycles. The summed E-state index contributed by atoms with van der Waals surface area (Å²) in [5.74, 6) is 0.593. The fourth-order valence-electron chi connectivity index (χ4n) is 2.55. The van der Waals surface area contributed by atoms with Gasteiger partial charge in [0.25, 0.3) is 0 Å². The van der Waals surface area contributed by atoms with Crippen molar-refractivity contribution < 1.29 is 19.4 Å². The predicted molar refractivity (Wildman–Crippen MR) is 89.3 cm³/mol. The molecule has 0 spiro atoms. The van der Waals surface area contributed by atoms with Crippen molar-refractivity contribution in [2.45, 2.75) is 25.9 Å². The Balaban J connectivity index is 1.99. The number of aliphatic hydroxyl groups excluding tert-OH is 1.